The van der Waals surface area contributed by atoms with Crippen LogP contribution >= 0.6 is 0 Å². The van der Waals surface area contributed by atoms with Gasteiger partial charge in [-0.3, -0.25) is 0 Å². The molecule has 0 unspecified atom stereocenters. The molecule has 1 fully saturated rings. The van der Waals surface area contributed by atoms with Gasteiger partial charge in [-0.05, 0) is 43.9 Å². The maximum absolute atomic E-state index is 12.6. The average Bonchev–Trinajstić information content (AvgIpc) is 2.65. The Balaban J connectivity index is 1.65. The minimum absolute atomic E-state index is 0.129. The molecular weight excluding hydrogens is 379 g/mol. The first-order valence-electron chi connectivity index (χ1n) is 8.97. The standard InChI is InChI=1S/C19H24F3NO5/c1-13(15-6-8-16(9-7-15)19(20,21)22)23-28-10-4-3-5-14-11-26-18(2,17(24)25)27-12-14/h6-9,14H,3-5,10-12H2,1-2H3,(H,24,25)/b23-13-. The number of unbranched alkanes of at least 4 members (excludes halogenated alkanes) is 1. The third-order valence-electron chi connectivity index (χ3n) is 4.51. The van der Waals surface area contributed by atoms with Crippen LogP contribution in [0.3, 0.4) is 0 Å². The zero-order valence-corrected chi connectivity index (χ0v) is 15.8. The molecule has 9 heteroatoms. The fourth-order valence-corrected chi connectivity index (χ4v) is 2.63. The molecule has 28 heavy (non-hydrogen) atoms. The molecule has 6 nitrogen and oxygen atoms in total. The predicted octanol–water partition coefficient (Wildman–Crippen LogP) is 4.08. The van der Waals surface area contributed by atoms with E-state index in [0.29, 0.717) is 31.1 Å². The number of hydrogen-bond donors (Lipinski definition) is 1. The van der Waals surface area contributed by atoms with E-state index in [1.165, 1.54) is 19.1 Å². The van der Waals surface area contributed by atoms with E-state index in [2.05, 4.69) is 5.16 Å². The Morgan fingerprint density at radius 2 is 1.86 bits per heavy atom. The van der Waals surface area contributed by atoms with Crippen molar-refractivity contribution in [1.82, 2.24) is 0 Å². The van der Waals surface area contributed by atoms with Crippen molar-refractivity contribution in [2.45, 2.75) is 45.1 Å². The fraction of sp³-hybridized carbons (Fsp3) is 0.579. The van der Waals surface area contributed by atoms with Gasteiger partial charge in [0, 0.05) is 12.8 Å². The molecule has 1 saturated heterocycles. The van der Waals surface area contributed by atoms with Crippen molar-refractivity contribution in [3.8, 4) is 0 Å². The molecule has 1 aromatic rings. The molecule has 0 atom stereocenters. The topological polar surface area (TPSA) is 77.4 Å². The van der Waals surface area contributed by atoms with Crippen LogP contribution < -0.4 is 0 Å². The van der Waals surface area contributed by atoms with Gasteiger partial charge in [-0.25, -0.2) is 4.79 Å². The quantitative estimate of drug-likeness (QED) is 0.402. The van der Waals surface area contributed by atoms with Gasteiger partial charge >= 0.3 is 12.1 Å². The number of nitrogens with zero attached hydrogens (tertiary/aromatic N) is 1. The van der Waals surface area contributed by atoms with Crippen molar-refractivity contribution in [1.29, 1.82) is 0 Å². The number of ether oxygens (including phenoxy) is 2. The molecule has 156 valence electrons. The van der Waals surface area contributed by atoms with Crippen molar-refractivity contribution in [3.05, 3.63) is 35.4 Å². The molecule has 1 N–H and O–H groups in total. The Hall–Kier alpha value is -2.13. The van der Waals surface area contributed by atoms with Crippen LogP contribution in [0.15, 0.2) is 29.4 Å². The zero-order chi connectivity index (χ0) is 20.8. The van der Waals surface area contributed by atoms with Gasteiger partial charge in [-0.15, -0.1) is 0 Å². The molecule has 1 aliphatic heterocycles. The van der Waals surface area contributed by atoms with Crippen LogP contribution in [-0.4, -0.2) is 42.4 Å². The highest BCUT2D eigenvalue weighted by Crippen LogP contribution is 2.29. The van der Waals surface area contributed by atoms with Gasteiger partial charge in [0.2, 0.25) is 0 Å². The van der Waals surface area contributed by atoms with E-state index in [-0.39, 0.29) is 5.92 Å². The molecular formula is C19H24F3NO5. The van der Waals surface area contributed by atoms with Gasteiger partial charge in [0.15, 0.2) is 0 Å². The third kappa shape index (κ3) is 6.20. The van der Waals surface area contributed by atoms with E-state index >= 15 is 0 Å². The number of benzene rings is 1. The predicted molar refractivity (Wildman–Crippen MR) is 94.9 cm³/mol. The number of carboxylic acid groups (broad SMARTS) is 1. The number of rotatable bonds is 8. The first-order chi connectivity index (χ1) is 13.1. The molecule has 1 heterocycles. The van der Waals surface area contributed by atoms with Crippen molar-refractivity contribution >= 4 is 11.7 Å². The van der Waals surface area contributed by atoms with E-state index in [1.54, 1.807) is 6.92 Å². The molecule has 0 aromatic heterocycles. The highest BCUT2D eigenvalue weighted by molar-refractivity contribution is 5.98. The van der Waals surface area contributed by atoms with E-state index in [4.69, 9.17) is 19.4 Å². The van der Waals surface area contributed by atoms with Gasteiger partial charge in [0.25, 0.3) is 5.79 Å². The molecule has 2 rings (SSSR count). The lowest BCUT2D eigenvalue weighted by Crippen LogP contribution is -2.47. The van der Waals surface area contributed by atoms with Gasteiger partial charge in [0.1, 0.15) is 6.61 Å². The number of oxime groups is 1. The molecule has 1 aromatic carbocycles. The summed E-state index contributed by atoms with van der Waals surface area (Å²) in [5.74, 6) is -2.57. The minimum atomic E-state index is -4.36. The summed E-state index contributed by atoms with van der Waals surface area (Å²) < 4.78 is 48.2. The van der Waals surface area contributed by atoms with Crippen molar-refractivity contribution in [2.24, 2.45) is 11.1 Å². The maximum Gasteiger partial charge on any atom is 0.416 e. The molecule has 1 aliphatic rings. The molecule has 0 amide bonds. The largest absolute Gasteiger partial charge is 0.477 e. The lowest BCUT2D eigenvalue weighted by molar-refractivity contribution is -0.271. The fourth-order valence-electron chi connectivity index (χ4n) is 2.63. The zero-order valence-electron chi connectivity index (χ0n) is 15.8. The summed E-state index contributed by atoms with van der Waals surface area (Å²) in [7, 11) is 0. The van der Waals surface area contributed by atoms with E-state index in [1.807, 2.05) is 0 Å². The highest BCUT2D eigenvalue weighted by Gasteiger charge is 2.40. The smallest absolute Gasteiger partial charge is 0.416 e. The van der Waals surface area contributed by atoms with Crippen LogP contribution in [0.5, 0.6) is 0 Å². The van der Waals surface area contributed by atoms with Crippen LogP contribution in [0.4, 0.5) is 13.2 Å². The monoisotopic (exact) mass is 403 g/mol. The summed E-state index contributed by atoms with van der Waals surface area (Å²) >= 11 is 0. The average molecular weight is 403 g/mol. The van der Waals surface area contributed by atoms with Crippen LogP contribution in [0.1, 0.15) is 44.2 Å². The number of aliphatic carboxylic acids is 1. The molecule has 0 bridgehead atoms. The Morgan fingerprint density at radius 3 is 2.39 bits per heavy atom. The summed E-state index contributed by atoms with van der Waals surface area (Å²) in [6.45, 7) is 4.08. The van der Waals surface area contributed by atoms with Gasteiger partial charge in [-0.1, -0.05) is 17.3 Å². The van der Waals surface area contributed by atoms with Crippen LogP contribution in [0.2, 0.25) is 0 Å². The second-order valence-corrected chi connectivity index (χ2v) is 6.82. The van der Waals surface area contributed by atoms with Gasteiger partial charge < -0.3 is 19.4 Å². The molecule has 0 aliphatic carbocycles. The SMILES string of the molecule is C/C(=N/OCCCCC1COC(C)(C(=O)O)OC1)c1ccc(C(F)(F)F)cc1. The highest BCUT2D eigenvalue weighted by atomic mass is 19.4. The summed E-state index contributed by atoms with van der Waals surface area (Å²) in [4.78, 5) is 16.2. The minimum Gasteiger partial charge on any atom is -0.477 e. The number of carbonyl (C=O) groups is 1. The lowest BCUT2D eigenvalue weighted by atomic mass is 10.0. The summed E-state index contributed by atoms with van der Waals surface area (Å²) in [6, 6.07) is 4.74. The van der Waals surface area contributed by atoms with Crippen LogP contribution in [0, 0.1) is 5.92 Å². The second kappa shape index (κ2) is 9.38. The Morgan fingerprint density at radius 1 is 1.25 bits per heavy atom. The van der Waals surface area contributed by atoms with Crippen molar-refractivity contribution < 1.29 is 37.4 Å². The number of halogens is 3. The van der Waals surface area contributed by atoms with Gasteiger partial charge in [-0.2, -0.15) is 13.2 Å². The Labute approximate surface area is 161 Å². The molecule has 0 radical (unpaired) electrons. The van der Waals surface area contributed by atoms with Crippen LogP contribution in [-0.2, 0) is 25.3 Å². The van der Waals surface area contributed by atoms with Crippen molar-refractivity contribution in [3.63, 3.8) is 0 Å². The van der Waals surface area contributed by atoms with E-state index < -0.39 is 23.5 Å². The number of carboxylic acids is 1. The molecule has 0 spiro atoms. The Bertz CT molecular complexity index is 680. The summed E-state index contributed by atoms with van der Waals surface area (Å²) in [5.41, 5.74) is 0.353. The Kier molecular flexibility index (Phi) is 7.42. The summed E-state index contributed by atoms with van der Waals surface area (Å²) in [5, 5.41) is 12.9. The van der Waals surface area contributed by atoms with Crippen LogP contribution in [0.25, 0.3) is 0 Å². The number of alkyl halides is 3. The second-order valence-electron chi connectivity index (χ2n) is 6.82. The third-order valence-corrected chi connectivity index (χ3v) is 4.51. The van der Waals surface area contributed by atoms with Crippen molar-refractivity contribution in [2.75, 3.05) is 19.8 Å². The summed E-state index contributed by atoms with van der Waals surface area (Å²) in [6.07, 6.45) is -1.99. The first kappa shape index (κ1) is 22.2. The lowest BCUT2D eigenvalue weighted by Gasteiger charge is -2.34. The number of hydrogen-bond acceptors (Lipinski definition) is 5. The molecule has 0 saturated carbocycles. The van der Waals surface area contributed by atoms with E-state index in [9.17, 15) is 18.0 Å². The van der Waals surface area contributed by atoms with E-state index in [0.717, 1.165) is 31.4 Å². The maximum atomic E-state index is 12.6. The normalized spacial score (nSPS) is 23.5. The first-order valence-corrected chi connectivity index (χ1v) is 8.97. The van der Waals surface area contributed by atoms with Gasteiger partial charge in [0.05, 0.1) is 24.5 Å².